The minimum atomic E-state index is -0.0981. The summed E-state index contributed by atoms with van der Waals surface area (Å²) in [6.45, 7) is 9.27. The minimum absolute atomic E-state index is 0.0420. The summed E-state index contributed by atoms with van der Waals surface area (Å²) in [6, 6.07) is 5.50. The fraction of sp³-hybridized carbons (Fsp3) is 0.640. The highest BCUT2D eigenvalue weighted by molar-refractivity contribution is 5.99. The van der Waals surface area contributed by atoms with E-state index in [9.17, 15) is 4.79 Å². The van der Waals surface area contributed by atoms with Crippen LogP contribution in [0.1, 0.15) is 63.7 Å². The molecule has 2 saturated carbocycles. The lowest BCUT2D eigenvalue weighted by Crippen LogP contribution is -2.54. The Labute approximate surface area is 175 Å². The summed E-state index contributed by atoms with van der Waals surface area (Å²) in [5.74, 6) is 1.96. The van der Waals surface area contributed by atoms with Crippen LogP contribution in [-0.2, 0) is 4.74 Å². The van der Waals surface area contributed by atoms with Crippen molar-refractivity contribution in [1.29, 1.82) is 0 Å². The third-order valence-electron chi connectivity index (χ3n) is 7.70. The van der Waals surface area contributed by atoms with E-state index in [2.05, 4.69) is 27.7 Å². The van der Waals surface area contributed by atoms with E-state index in [1.54, 1.807) is 21.3 Å². The lowest BCUT2D eigenvalue weighted by atomic mass is 9.45. The van der Waals surface area contributed by atoms with E-state index < -0.39 is 0 Å². The standard InChI is InChI=1S/C25H36O4/c1-16-18(15-27-5)13-21-24(2,3)9-8-10-25(21,4)22(16)23(26)17-11-19(28-6)14-20(12-17)29-7/h11-12,14-16,21-22H,8-10,13H2,1-7H3/t16-,21?,22-,25+/m1/s1. The Hall–Kier alpha value is -1.97. The molecule has 4 nitrogen and oxygen atoms in total. The average molecular weight is 401 g/mol. The molecule has 2 aliphatic rings. The van der Waals surface area contributed by atoms with Crippen molar-refractivity contribution in [2.24, 2.45) is 28.6 Å². The first-order valence-corrected chi connectivity index (χ1v) is 10.7. The molecule has 1 aromatic rings. The number of methoxy groups -OCH3 is 3. The largest absolute Gasteiger partial charge is 0.504 e. The molecule has 0 heterocycles. The molecular weight excluding hydrogens is 364 g/mol. The Morgan fingerprint density at radius 1 is 1.03 bits per heavy atom. The zero-order valence-electron chi connectivity index (χ0n) is 19.0. The normalized spacial score (nSPS) is 32.4. The Morgan fingerprint density at radius 2 is 1.66 bits per heavy atom. The molecule has 3 rings (SSSR count). The maximum Gasteiger partial charge on any atom is 0.167 e. The average Bonchev–Trinajstić information content (AvgIpc) is 2.68. The molecule has 4 heteroatoms. The Kier molecular flexibility index (Phi) is 6.03. The maximum atomic E-state index is 14.0. The molecule has 0 radical (unpaired) electrons. The van der Waals surface area contributed by atoms with Crippen molar-refractivity contribution in [2.45, 2.75) is 53.4 Å². The minimum Gasteiger partial charge on any atom is -0.504 e. The number of ketones is 1. The number of benzene rings is 1. The van der Waals surface area contributed by atoms with E-state index in [0.717, 1.165) is 12.8 Å². The fourth-order valence-corrected chi connectivity index (χ4v) is 6.22. The molecule has 0 aliphatic heterocycles. The van der Waals surface area contributed by atoms with Crippen molar-refractivity contribution >= 4 is 5.78 Å². The van der Waals surface area contributed by atoms with Crippen LogP contribution < -0.4 is 9.47 Å². The lowest BCUT2D eigenvalue weighted by molar-refractivity contribution is -0.0624. The van der Waals surface area contributed by atoms with Crippen molar-refractivity contribution in [2.75, 3.05) is 21.3 Å². The second kappa shape index (κ2) is 8.04. The number of Topliss-reactive ketones (excluding diaryl/α,β-unsaturated/α-hetero) is 1. The summed E-state index contributed by atoms with van der Waals surface area (Å²) >= 11 is 0. The van der Waals surface area contributed by atoms with Gasteiger partial charge in [-0.3, -0.25) is 4.79 Å². The van der Waals surface area contributed by atoms with Gasteiger partial charge in [-0.2, -0.15) is 0 Å². The van der Waals surface area contributed by atoms with Crippen LogP contribution in [0.2, 0.25) is 0 Å². The molecule has 0 amide bonds. The lowest BCUT2D eigenvalue weighted by Gasteiger charge is -2.59. The molecule has 0 spiro atoms. The Balaban J connectivity index is 2.11. The van der Waals surface area contributed by atoms with Crippen molar-refractivity contribution in [1.82, 2.24) is 0 Å². The molecule has 160 valence electrons. The SMILES string of the molecule is COC=C1CC2C(C)(C)CCC[C@]2(C)[C@@H](C(=O)c2cc(OC)cc(OC)c2)[C@@H]1C. The molecule has 29 heavy (non-hydrogen) atoms. The van der Waals surface area contributed by atoms with Crippen LogP contribution in [0.15, 0.2) is 30.0 Å². The molecular formula is C25H36O4. The number of hydrogen-bond donors (Lipinski definition) is 0. The zero-order valence-corrected chi connectivity index (χ0v) is 19.0. The first-order valence-electron chi connectivity index (χ1n) is 10.7. The van der Waals surface area contributed by atoms with E-state index in [4.69, 9.17) is 14.2 Å². The molecule has 0 saturated heterocycles. The monoisotopic (exact) mass is 400 g/mol. The summed E-state index contributed by atoms with van der Waals surface area (Å²) in [5.41, 5.74) is 2.07. The fourth-order valence-electron chi connectivity index (χ4n) is 6.22. The molecule has 2 fully saturated rings. The third kappa shape index (κ3) is 3.78. The van der Waals surface area contributed by atoms with Crippen LogP contribution in [0.5, 0.6) is 11.5 Å². The smallest absolute Gasteiger partial charge is 0.167 e. The van der Waals surface area contributed by atoms with Gasteiger partial charge in [0.25, 0.3) is 0 Å². The summed E-state index contributed by atoms with van der Waals surface area (Å²) in [4.78, 5) is 14.0. The number of hydrogen-bond acceptors (Lipinski definition) is 4. The van der Waals surface area contributed by atoms with E-state index in [0.29, 0.717) is 23.0 Å². The van der Waals surface area contributed by atoms with Crippen molar-refractivity contribution in [3.63, 3.8) is 0 Å². The molecule has 0 N–H and O–H groups in total. The van der Waals surface area contributed by atoms with Gasteiger partial charge in [0.2, 0.25) is 0 Å². The highest BCUT2D eigenvalue weighted by atomic mass is 16.5. The van der Waals surface area contributed by atoms with E-state index in [1.165, 1.54) is 18.4 Å². The van der Waals surface area contributed by atoms with Gasteiger partial charge in [0, 0.05) is 17.5 Å². The van der Waals surface area contributed by atoms with Crippen LogP contribution in [-0.4, -0.2) is 27.1 Å². The molecule has 1 aromatic carbocycles. The van der Waals surface area contributed by atoms with Crippen LogP contribution in [0.3, 0.4) is 0 Å². The van der Waals surface area contributed by atoms with Gasteiger partial charge in [0.15, 0.2) is 5.78 Å². The number of allylic oxidation sites excluding steroid dienone is 1. The third-order valence-corrected chi connectivity index (χ3v) is 7.70. The number of ether oxygens (including phenoxy) is 3. The summed E-state index contributed by atoms with van der Waals surface area (Å²) < 4.78 is 16.3. The van der Waals surface area contributed by atoms with Crippen LogP contribution in [0.25, 0.3) is 0 Å². The van der Waals surface area contributed by atoms with Gasteiger partial charge < -0.3 is 14.2 Å². The van der Waals surface area contributed by atoms with Gasteiger partial charge in [-0.1, -0.05) is 34.1 Å². The van der Waals surface area contributed by atoms with E-state index in [1.807, 2.05) is 24.5 Å². The first-order chi connectivity index (χ1) is 13.7. The van der Waals surface area contributed by atoms with Gasteiger partial charge >= 0.3 is 0 Å². The summed E-state index contributed by atoms with van der Waals surface area (Å²) in [7, 11) is 4.93. The number of carbonyl (C=O) groups excluding carboxylic acids is 1. The highest BCUT2D eigenvalue weighted by Crippen LogP contribution is 2.62. The summed E-state index contributed by atoms with van der Waals surface area (Å²) in [5, 5.41) is 0. The van der Waals surface area contributed by atoms with Gasteiger partial charge in [0.1, 0.15) is 11.5 Å². The summed E-state index contributed by atoms with van der Waals surface area (Å²) in [6.07, 6.45) is 6.34. The predicted molar refractivity (Wildman–Crippen MR) is 115 cm³/mol. The molecule has 2 aliphatic carbocycles. The quantitative estimate of drug-likeness (QED) is 0.455. The van der Waals surface area contributed by atoms with Crippen molar-refractivity contribution in [3.05, 3.63) is 35.6 Å². The molecule has 1 unspecified atom stereocenters. The second-order valence-electron chi connectivity index (χ2n) is 9.77. The van der Waals surface area contributed by atoms with Crippen LogP contribution >= 0.6 is 0 Å². The maximum absolute atomic E-state index is 14.0. The predicted octanol–water partition coefficient (Wildman–Crippen LogP) is 5.91. The molecule has 0 bridgehead atoms. The van der Waals surface area contributed by atoms with Gasteiger partial charge in [-0.05, 0) is 59.6 Å². The second-order valence-corrected chi connectivity index (χ2v) is 9.77. The van der Waals surface area contributed by atoms with Gasteiger partial charge in [-0.15, -0.1) is 0 Å². The van der Waals surface area contributed by atoms with Crippen LogP contribution in [0, 0.1) is 28.6 Å². The number of rotatable bonds is 5. The van der Waals surface area contributed by atoms with E-state index in [-0.39, 0.29) is 28.4 Å². The Bertz CT molecular complexity index is 772. The van der Waals surface area contributed by atoms with Gasteiger partial charge in [-0.25, -0.2) is 0 Å². The zero-order chi connectivity index (χ0) is 21.4. The van der Waals surface area contributed by atoms with E-state index >= 15 is 0 Å². The number of fused-ring (bicyclic) bond motifs is 1. The number of carbonyl (C=O) groups is 1. The highest BCUT2D eigenvalue weighted by Gasteiger charge is 2.57. The van der Waals surface area contributed by atoms with Crippen molar-refractivity contribution < 1.29 is 19.0 Å². The molecule has 4 atom stereocenters. The Morgan fingerprint density at radius 3 is 2.21 bits per heavy atom. The van der Waals surface area contributed by atoms with Crippen molar-refractivity contribution in [3.8, 4) is 11.5 Å². The topological polar surface area (TPSA) is 44.8 Å². The van der Waals surface area contributed by atoms with Crippen LogP contribution in [0.4, 0.5) is 0 Å². The molecule has 0 aromatic heterocycles. The first kappa shape index (κ1) is 21.7. The van der Waals surface area contributed by atoms with Gasteiger partial charge in [0.05, 0.1) is 27.6 Å².